The molecule has 86 valence electrons. The average molecular weight is 217 g/mol. The van der Waals surface area contributed by atoms with Crippen LogP contribution in [0.1, 0.15) is 49.5 Å². The molecule has 3 rings (SSSR count). The first-order valence-electron chi connectivity index (χ1n) is 6.37. The molecule has 1 saturated carbocycles. The van der Waals surface area contributed by atoms with Crippen molar-refractivity contribution in [2.45, 2.75) is 51.3 Å². The first-order chi connectivity index (χ1) is 7.86. The van der Waals surface area contributed by atoms with Gasteiger partial charge in [0, 0.05) is 11.6 Å². The third-order valence-electron chi connectivity index (χ3n) is 3.80. The maximum atomic E-state index is 5.76. The van der Waals surface area contributed by atoms with Gasteiger partial charge < -0.3 is 0 Å². The van der Waals surface area contributed by atoms with Crippen molar-refractivity contribution in [2.75, 3.05) is 0 Å². The van der Waals surface area contributed by atoms with Crippen LogP contribution in [0.3, 0.4) is 0 Å². The molecule has 2 unspecified atom stereocenters. The van der Waals surface area contributed by atoms with E-state index in [1.165, 1.54) is 43.2 Å². The molecule has 0 aromatic heterocycles. The van der Waals surface area contributed by atoms with Gasteiger partial charge in [-0.1, -0.05) is 43.5 Å². The molecule has 1 aliphatic carbocycles. The fourth-order valence-corrected chi connectivity index (χ4v) is 2.76. The van der Waals surface area contributed by atoms with E-state index in [1.807, 2.05) is 0 Å². The SMILES string of the molecule is Cc1ccccc1C1ON1C1CCCCC1. The minimum atomic E-state index is 0.240. The molecule has 2 aliphatic rings. The van der Waals surface area contributed by atoms with Gasteiger partial charge in [-0.05, 0) is 25.3 Å². The Hall–Kier alpha value is -0.860. The van der Waals surface area contributed by atoms with Gasteiger partial charge >= 0.3 is 0 Å². The molecule has 2 heteroatoms. The second-order valence-electron chi connectivity index (χ2n) is 4.97. The van der Waals surface area contributed by atoms with Crippen LogP contribution in [0, 0.1) is 6.92 Å². The van der Waals surface area contributed by atoms with Gasteiger partial charge in [0.05, 0.1) is 0 Å². The first-order valence-corrected chi connectivity index (χ1v) is 6.37. The Labute approximate surface area is 97.2 Å². The lowest BCUT2D eigenvalue weighted by Gasteiger charge is -2.20. The Morgan fingerprint density at radius 2 is 1.88 bits per heavy atom. The average Bonchev–Trinajstić information content (AvgIpc) is 3.11. The molecule has 2 fully saturated rings. The number of hydrogen-bond donors (Lipinski definition) is 0. The van der Waals surface area contributed by atoms with Crippen molar-refractivity contribution in [3.63, 3.8) is 0 Å². The summed E-state index contributed by atoms with van der Waals surface area (Å²) in [5.74, 6) is 0. The van der Waals surface area contributed by atoms with Crippen molar-refractivity contribution >= 4 is 0 Å². The van der Waals surface area contributed by atoms with E-state index < -0.39 is 0 Å². The van der Waals surface area contributed by atoms with Gasteiger partial charge in [-0.3, -0.25) is 4.84 Å². The van der Waals surface area contributed by atoms with E-state index in [0.29, 0.717) is 6.04 Å². The zero-order valence-corrected chi connectivity index (χ0v) is 9.86. The van der Waals surface area contributed by atoms with E-state index in [4.69, 9.17) is 4.84 Å². The second kappa shape index (κ2) is 4.19. The minimum Gasteiger partial charge on any atom is -0.270 e. The summed E-state index contributed by atoms with van der Waals surface area (Å²) < 4.78 is 0. The maximum Gasteiger partial charge on any atom is 0.180 e. The lowest BCUT2D eigenvalue weighted by Crippen LogP contribution is -2.21. The lowest BCUT2D eigenvalue weighted by molar-refractivity contribution is 0.119. The second-order valence-corrected chi connectivity index (χ2v) is 4.97. The predicted octanol–water partition coefficient (Wildman–Crippen LogP) is 3.57. The van der Waals surface area contributed by atoms with Crippen LogP contribution in [-0.2, 0) is 4.84 Å². The van der Waals surface area contributed by atoms with E-state index in [0.717, 1.165) is 0 Å². The number of hydroxylamine groups is 2. The van der Waals surface area contributed by atoms with Crippen LogP contribution in [0.25, 0.3) is 0 Å². The van der Waals surface area contributed by atoms with Crippen LogP contribution in [0.4, 0.5) is 0 Å². The number of hydrogen-bond acceptors (Lipinski definition) is 2. The summed E-state index contributed by atoms with van der Waals surface area (Å²) >= 11 is 0. The van der Waals surface area contributed by atoms with E-state index >= 15 is 0 Å². The molecule has 1 aromatic carbocycles. The van der Waals surface area contributed by atoms with Crippen molar-refractivity contribution in [2.24, 2.45) is 0 Å². The Kier molecular flexibility index (Phi) is 2.70. The van der Waals surface area contributed by atoms with Crippen LogP contribution < -0.4 is 0 Å². The van der Waals surface area contributed by atoms with Gasteiger partial charge in [0.1, 0.15) is 0 Å². The van der Waals surface area contributed by atoms with Crippen LogP contribution in [0.2, 0.25) is 0 Å². The Bertz CT molecular complexity index is 371. The highest BCUT2D eigenvalue weighted by atomic mass is 16.8. The highest BCUT2D eigenvalue weighted by Crippen LogP contribution is 2.43. The summed E-state index contributed by atoms with van der Waals surface area (Å²) in [7, 11) is 0. The first kappa shape index (κ1) is 10.3. The highest BCUT2D eigenvalue weighted by Gasteiger charge is 2.43. The van der Waals surface area contributed by atoms with E-state index in [1.54, 1.807) is 0 Å². The molecule has 16 heavy (non-hydrogen) atoms. The highest BCUT2D eigenvalue weighted by molar-refractivity contribution is 5.28. The van der Waals surface area contributed by atoms with Gasteiger partial charge in [-0.15, -0.1) is 5.06 Å². The topological polar surface area (TPSA) is 15.5 Å². The molecule has 0 spiro atoms. The van der Waals surface area contributed by atoms with Crippen molar-refractivity contribution in [3.8, 4) is 0 Å². The predicted molar refractivity (Wildman–Crippen MR) is 63.7 cm³/mol. The molecule has 1 heterocycles. The van der Waals surface area contributed by atoms with Crippen molar-refractivity contribution in [3.05, 3.63) is 35.4 Å². The van der Waals surface area contributed by atoms with E-state index in [-0.39, 0.29) is 6.23 Å². The molecule has 1 saturated heterocycles. The minimum absolute atomic E-state index is 0.240. The quantitative estimate of drug-likeness (QED) is 0.704. The number of nitrogens with zero attached hydrogens (tertiary/aromatic N) is 1. The van der Waals surface area contributed by atoms with Crippen LogP contribution in [0.15, 0.2) is 24.3 Å². The Morgan fingerprint density at radius 1 is 1.12 bits per heavy atom. The number of aryl methyl sites for hydroxylation is 1. The van der Waals surface area contributed by atoms with E-state index in [9.17, 15) is 0 Å². The summed E-state index contributed by atoms with van der Waals surface area (Å²) in [5, 5.41) is 2.21. The molecule has 2 nitrogen and oxygen atoms in total. The normalized spacial score (nSPS) is 30.3. The fraction of sp³-hybridized carbons (Fsp3) is 0.571. The van der Waals surface area contributed by atoms with E-state index in [2.05, 4.69) is 36.3 Å². The summed E-state index contributed by atoms with van der Waals surface area (Å²) in [5.41, 5.74) is 2.68. The molecule has 1 aliphatic heterocycles. The van der Waals surface area contributed by atoms with Gasteiger partial charge in [0.25, 0.3) is 0 Å². The van der Waals surface area contributed by atoms with Crippen LogP contribution >= 0.6 is 0 Å². The summed E-state index contributed by atoms with van der Waals surface area (Å²) in [6.07, 6.45) is 6.99. The summed E-state index contributed by atoms with van der Waals surface area (Å²) in [6, 6.07) is 9.20. The van der Waals surface area contributed by atoms with Gasteiger partial charge in [0.2, 0.25) is 0 Å². The Morgan fingerprint density at radius 3 is 2.62 bits per heavy atom. The monoisotopic (exact) mass is 217 g/mol. The summed E-state index contributed by atoms with van der Waals surface area (Å²) in [4.78, 5) is 5.76. The Balaban J connectivity index is 1.69. The largest absolute Gasteiger partial charge is 0.270 e. The molecule has 0 amide bonds. The number of benzene rings is 1. The van der Waals surface area contributed by atoms with Crippen molar-refractivity contribution in [1.82, 2.24) is 5.06 Å². The van der Waals surface area contributed by atoms with Crippen molar-refractivity contribution in [1.29, 1.82) is 0 Å². The molecule has 0 radical (unpaired) electrons. The third-order valence-corrected chi connectivity index (χ3v) is 3.80. The van der Waals surface area contributed by atoms with Gasteiger partial charge in [-0.2, -0.15) is 0 Å². The zero-order chi connectivity index (χ0) is 11.0. The molecule has 1 aromatic rings. The van der Waals surface area contributed by atoms with Gasteiger partial charge in [-0.25, -0.2) is 0 Å². The maximum absolute atomic E-state index is 5.76. The molecular weight excluding hydrogens is 198 g/mol. The molecule has 0 N–H and O–H groups in total. The lowest BCUT2D eigenvalue weighted by atomic mass is 9.95. The van der Waals surface area contributed by atoms with Crippen LogP contribution in [-0.4, -0.2) is 11.1 Å². The standard InChI is InChI=1S/C14H19NO/c1-11-7-5-6-10-13(11)14-15(16-14)12-8-3-2-4-9-12/h5-7,10,12,14H,2-4,8-9H2,1H3. The van der Waals surface area contributed by atoms with Crippen molar-refractivity contribution < 1.29 is 4.84 Å². The zero-order valence-electron chi connectivity index (χ0n) is 9.86. The molecule has 0 bridgehead atoms. The summed E-state index contributed by atoms with van der Waals surface area (Å²) in [6.45, 7) is 2.16. The smallest absolute Gasteiger partial charge is 0.180 e. The molecule has 2 atom stereocenters. The van der Waals surface area contributed by atoms with Crippen LogP contribution in [0.5, 0.6) is 0 Å². The third kappa shape index (κ3) is 1.87. The fourth-order valence-electron chi connectivity index (χ4n) is 2.76. The molecular formula is C14H19NO. The van der Waals surface area contributed by atoms with Gasteiger partial charge in [0.15, 0.2) is 6.23 Å². The number of rotatable bonds is 2.